The molecule has 5 aromatic rings. The normalized spacial score (nSPS) is 11.2. The van der Waals surface area contributed by atoms with E-state index in [1.165, 1.54) is 5.56 Å². The fourth-order valence-corrected chi connectivity index (χ4v) is 4.99. The highest BCUT2D eigenvalue weighted by Crippen LogP contribution is 2.26. The van der Waals surface area contributed by atoms with E-state index in [0.29, 0.717) is 11.3 Å². The van der Waals surface area contributed by atoms with E-state index in [9.17, 15) is 9.59 Å². The fourth-order valence-electron chi connectivity index (χ4n) is 4.08. The Hall–Kier alpha value is -4.61. The van der Waals surface area contributed by atoms with Gasteiger partial charge >= 0.3 is 0 Å². The highest BCUT2D eigenvalue weighted by atomic mass is 32.2. The molecule has 0 spiro atoms. The molecule has 0 aromatic heterocycles. The predicted octanol–water partition coefficient (Wildman–Crippen LogP) is 7.54. The van der Waals surface area contributed by atoms with Gasteiger partial charge in [-0.15, -0.1) is 11.8 Å². The summed E-state index contributed by atoms with van der Waals surface area (Å²) in [5.74, 6) is 0.0873. The number of thioether (sulfide) groups is 1. The molecule has 0 radical (unpaired) electrons. The van der Waals surface area contributed by atoms with Gasteiger partial charge in [0, 0.05) is 21.9 Å². The third-order valence-corrected chi connectivity index (χ3v) is 7.06. The molecule has 5 heteroatoms. The molecule has 0 unspecified atom stereocenters. The predicted molar refractivity (Wildman–Crippen MR) is 157 cm³/mol. The number of carbonyl (C=O) groups excluding carboxylic acids is 2. The Bertz CT molecular complexity index is 1590. The molecule has 5 rings (SSSR count). The van der Waals surface area contributed by atoms with Crippen molar-refractivity contribution >= 4 is 46.1 Å². The summed E-state index contributed by atoms with van der Waals surface area (Å²) < 4.78 is 0. The Kier molecular flexibility index (Phi) is 7.97. The van der Waals surface area contributed by atoms with Crippen LogP contribution in [-0.2, 0) is 10.5 Å². The smallest absolute Gasteiger partial charge is 0.272 e. The van der Waals surface area contributed by atoms with Gasteiger partial charge < -0.3 is 10.6 Å². The first-order valence-corrected chi connectivity index (χ1v) is 13.3. The number of hydrogen-bond donors (Lipinski definition) is 2. The summed E-state index contributed by atoms with van der Waals surface area (Å²) in [6.07, 6.45) is 1.73. The molecule has 38 heavy (non-hydrogen) atoms. The van der Waals surface area contributed by atoms with Crippen molar-refractivity contribution in [1.29, 1.82) is 0 Å². The number of rotatable bonds is 8. The van der Waals surface area contributed by atoms with Gasteiger partial charge in [-0.05, 0) is 58.3 Å². The summed E-state index contributed by atoms with van der Waals surface area (Å²) >= 11 is 1.70. The molecule has 2 N–H and O–H groups in total. The molecule has 0 saturated carbocycles. The van der Waals surface area contributed by atoms with Crippen molar-refractivity contribution in [1.82, 2.24) is 5.32 Å². The third kappa shape index (κ3) is 6.38. The highest BCUT2D eigenvalue weighted by Gasteiger charge is 2.16. The van der Waals surface area contributed by atoms with Crippen LogP contribution in [0.3, 0.4) is 0 Å². The SMILES string of the molecule is O=C(Nc1cccc(SCc2ccccc2)c1)/C(=C/c1cccc2ccccc12)NC(=O)c1ccccc1. The van der Waals surface area contributed by atoms with E-state index in [1.54, 1.807) is 42.1 Å². The van der Waals surface area contributed by atoms with Crippen LogP contribution in [0, 0.1) is 0 Å². The average molecular weight is 515 g/mol. The lowest BCUT2D eigenvalue weighted by Gasteiger charge is -2.13. The summed E-state index contributed by atoms with van der Waals surface area (Å²) in [4.78, 5) is 27.6. The highest BCUT2D eigenvalue weighted by molar-refractivity contribution is 7.98. The van der Waals surface area contributed by atoms with Crippen LogP contribution in [0.25, 0.3) is 16.8 Å². The van der Waals surface area contributed by atoms with E-state index in [-0.39, 0.29) is 11.6 Å². The lowest BCUT2D eigenvalue weighted by atomic mass is 10.0. The zero-order chi connectivity index (χ0) is 26.2. The number of nitrogens with one attached hydrogen (secondary N) is 2. The average Bonchev–Trinajstić information content (AvgIpc) is 2.97. The molecule has 0 saturated heterocycles. The summed E-state index contributed by atoms with van der Waals surface area (Å²) in [6.45, 7) is 0. The second-order valence-corrected chi connectivity index (χ2v) is 9.75. The molecule has 0 heterocycles. The van der Waals surface area contributed by atoms with Crippen LogP contribution in [0.4, 0.5) is 5.69 Å². The van der Waals surface area contributed by atoms with Crippen LogP contribution in [0.15, 0.2) is 138 Å². The molecule has 5 aromatic carbocycles. The van der Waals surface area contributed by atoms with Gasteiger partial charge in [-0.2, -0.15) is 0 Å². The van der Waals surface area contributed by atoms with Gasteiger partial charge in [-0.25, -0.2) is 0 Å². The van der Waals surface area contributed by atoms with Crippen molar-refractivity contribution in [3.05, 3.63) is 150 Å². The number of benzene rings is 5. The fraction of sp³-hybridized carbons (Fsp3) is 0.0303. The molecular formula is C33H26N2O2S. The van der Waals surface area contributed by atoms with E-state index in [0.717, 1.165) is 27.0 Å². The molecule has 0 aliphatic heterocycles. The lowest BCUT2D eigenvalue weighted by molar-refractivity contribution is -0.113. The number of carbonyl (C=O) groups is 2. The molecule has 0 aliphatic carbocycles. The van der Waals surface area contributed by atoms with Crippen LogP contribution in [0.1, 0.15) is 21.5 Å². The molecule has 186 valence electrons. The number of amides is 2. The first-order valence-electron chi connectivity index (χ1n) is 12.3. The summed E-state index contributed by atoms with van der Waals surface area (Å²) in [7, 11) is 0. The van der Waals surface area contributed by atoms with Gasteiger partial charge in [0.25, 0.3) is 11.8 Å². The van der Waals surface area contributed by atoms with Crippen LogP contribution >= 0.6 is 11.8 Å². The van der Waals surface area contributed by atoms with Gasteiger partial charge in [0.05, 0.1) is 0 Å². The zero-order valence-corrected chi connectivity index (χ0v) is 21.5. The van der Waals surface area contributed by atoms with Crippen molar-refractivity contribution in [3.63, 3.8) is 0 Å². The minimum absolute atomic E-state index is 0.164. The monoisotopic (exact) mass is 514 g/mol. The molecule has 4 nitrogen and oxygen atoms in total. The van der Waals surface area contributed by atoms with Crippen molar-refractivity contribution in [2.24, 2.45) is 0 Å². The largest absolute Gasteiger partial charge is 0.321 e. The maximum Gasteiger partial charge on any atom is 0.272 e. The Morgan fingerprint density at radius 2 is 1.39 bits per heavy atom. The number of hydrogen-bond acceptors (Lipinski definition) is 3. The molecular weight excluding hydrogens is 488 g/mol. The molecule has 0 bridgehead atoms. The van der Waals surface area contributed by atoms with Gasteiger partial charge in [-0.3, -0.25) is 9.59 Å². The lowest BCUT2D eigenvalue weighted by Crippen LogP contribution is -2.30. The van der Waals surface area contributed by atoms with Crippen molar-refractivity contribution < 1.29 is 9.59 Å². The standard InChI is InChI=1S/C33H26N2O2S/c36-32(26-14-5-2-6-15-26)35-31(21-27-17-9-16-25-13-7-8-20-30(25)27)33(37)34-28-18-10-19-29(22-28)38-23-24-11-3-1-4-12-24/h1-22H,23H2,(H,34,37)(H,35,36)/b31-21-. The molecule has 0 aliphatic rings. The Balaban J connectivity index is 1.40. The van der Waals surface area contributed by atoms with Gasteiger partial charge in [-0.1, -0.05) is 97.1 Å². The maximum atomic E-state index is 13.5. The zero-order valence-electron chi connectivity index (χ0n) is 20.6. The van der Waals surface area contributed by atoms with E-state index in [2.05, 4.69) is 22.8 Å². The first kappa shape index (κ1) is 25.1. The molecule has 0 fully saturated rings. The quantitative estimate of drug-likeness (QED) is 0.166. The van der Waals surface area contributed by atoms with Crippen molar-refractivity contribution in [2.75, 3.05) is 5.32 Å². The number of anilines is 1. The minimum Gasteiger partial charge on any atom is -0.321 e. The van der Waals surface area contributed by atoms with E-state index in [4.69, 9.17) is 0 Å². The van der Waals surface area contributed by atoms with Gasteiger partial charge in [0.1, 0.15) is 5.70 Å². The summed E-state index contributed by atoms with van der Waals surface area (Å²) in [5.41, 5.74) is 3.37. The third-order valence-electron chi connectivity index (χ3n) is 5.99. The second kappa shape index (κ2) is 12.1. The summed E-state index contributed by atoms with van der Waals surface area (Å²) in [6, 6.07) is 40.7. The van der Waals surface area contributed by atoms with Gasteiger partial charge in [0.15, 0.2) is 0 Å². The Morgan fingerprint density at radius 1 is 0.711 bits per heavy atom. The Morgan fingerprint density at radius 3 is 2.21 bits per heavy atom. The van der Waals surface area contributed by atoms with E-state index >= 15 is 0 Å². The van der Waals surface area contributed by atoms with Crippen LogP contribution in [0.2, 0.25) is 0 Å². The van der Waals surface area contributed by atoms with Crippen molar-refractivity contribution in [2.45, 2.75) is 10.6 Å². The van der Waals surface area contributed by atoms with Crippen LogP contribution in [-0.4, -0.2) is 11.8 Å². The summed E-state index contributed by atoms with van der Waals surface area (Å²) in [5, 5.41) is 7.85. The minimum atomic E-state index is -0.396. The second-order valence-electron chi connectivity index (χ2n) is 8.70. The molecule has 2 amide bonds. The maximum absolute atomic E-state index is 13.5. The van der Waals surface area contributed by atoms with Crippen molar-refractivity contribution in [3.8, 4) is 0 Å². The number of fused-ring (bicyclic) bond motifs is 1. The molecule has 0 atom stereocenters. The van der Waals surface area contributed by atoms with E-state index in [1.807, 2.05) is 91.0 Å². The van der Waals surface area contributed by atoms with Crippen LogP contribution in [0.5, 0.6) is 0 Å². The Labute approximate surface area is 226 Å². The topological polar surface area (TPSA) is 58.2 Å². The van der Waals surface area contributed by atoms with Crippen LogP contribution < -0.4 is 10.6 Å². The van der Waals surface area contributed by atoms with Gasteiger partial charge in [0.2, 0.25) is 0 Å². The first-order chi connectivity index (χ1) is 18.7. The van der Waals surface area contributed by atoms with E-state index < -0.39 is 5.91 Å².